The van der Waals surface area contributed by atoms with Crippen molar-refractivity contribution in [2.24, 2.45) is 5.73 Å². The zero-order valence-corrected chi connectivity index (χ0v) is 11.0. The van der Waals surface area contributed by atoms with Crippen molar-refractivity contribution in [2.45, 2.75) is 44.1 Å². The maximum atomic E-state index is 10.9. The zero-order chi connectivity index (χ0) is 13.1. The fourth-order valence-electron chi connectivity index (χ4n) is 2.62. The largest absolute Gasteiger partial charge is 0.378 e. The zero-order valence-electron chi connectivity index (χ0n) is 10.2. The van der Waals surface area contributed by atoms with Gasteiger partial charge in [-0.05, 0) is 36.0 Å². The van der Waals surface area contributed by atoms with Crippen LogP contribution in [0.25, 0.3) is 0 Å². The lowest BCUT2D eigenvalue weighted by Crippen LogP contribution is -2.20. The summed E-state index contributed by atoms with van der Waals surface area (Å²) in [6, 6.07) is 5.31. The average molecular weight is 268 g/mol. The quantitative estimate of drug-likeness (QED) is 0.884. The number of nitrogens with two attached hydrogens (primary N) is 1. The Labute approximate surface area is 112 Å². The van der Waals surface area contributed by atoms with Crippen LogP contribution in [0.15, 0.2) is 18.2 Å². The average Bonchev–Trinajstić information content (AvgIpc) is 2.38. The van der Waals surface area contributed by atoms with Crippen LogP contribution in [0.2, 0.25) is 5.02 Å². The van der Waals surface area contributed by atoms with Crippen LogP contribution in [0.1, 0.15) is 55.3 Å². The Morgan fingerprint density at radius 2 is 2.00 bits per heavy atom. The second-order valence-electron chi connectivity index (χ2n) is 4.92. The summed E-state index contributed by atoms with van der Waals surface area (Å²) >= 11 is 6.25. The van der Waals surface area contributed by atoms with Crippen LogP contribution in [0.3, 0.4) is 0 Å². The summed E-state index contributed by atoms with van der Waals surface area (Å²) in [4.78, 5) is 10.9. The van der Waals surface area contributed by atoms with Crippen molar-refractivity contribution in [3.05, 3.63) is 34.3 Å². The van der Waals surface area contributed by atoms with E-state index < -0.39 is 12.0 Å². The van der Waals surface area contributed by atoms with Crippen LogP contribution in [0.5, 0.6) is 0 Å². The lowest BCUT2D eigenvalue weighted by atomic mass is 9.83. The molecular weight excluding hydrogens is 250 g/mol. The van der Waals surface area contributed by atoms with E-state index in [9.17, 15) is 9.90 Å². The molecule has 0 heterocycles. The number of primary amides is 1. The number of hydrogen-bond donors (Lipinski definition) is 2. The highest BCUT2D eigenvalue weighted by atomic mass is 35.5. The van der Waals surface area contributed by atoms with E-state index in [0.29, 0.717) is 16.5 Å². The van der Waals surface area contributed by atoms with Crippen LogP contribution in [-0.4, -0.2) is 11.0 Å². The highest BCUT2D eigenvalue weighted by Gasteiger charge is 2.20. The lowest BCUT2D eigenvalue weighted by molar-refractivity contribution is -0.126. The fraction of sp³-hybridized carbons (Fsp3) is 0.500. The minimum absolute atomic E-state index is 0.465. The number of rotatable bonds is 3. The SMILES string of the molecule is NC(=O)C(O)c1ccc(C2CCCCC2)c(Cl)c1. The van der Waals surface area contributed by atoms with Crippen LogP contribution >= 0.6 is 11.6 Å². The summed E-state index contributed by atoms with van der Waals surface area (Å²) in [5.74, 6) is -0.248. The van der Waals surface area contributed by atoms with E-state index >= 15 is 0 Å². The molecular formula is C14H18ClNO2. The summed E-state index contributed by atoms with van der Waals surface area (Å²) in [7, 11) is 0. The Bertz CT molecular complexity index is 441. The molecule has 1 saturated carbocycles. The first-order valence-corrected chi connectivity index (χ1v) is 6.74. The maximum Gasteiger partial charge on any atom is 0.250 e. The first-order chi connectivity index (χ1) is 8.59. The molecule has 1 aliphatic rings. The predicted molar refractivity (Wildman–Crippen MR) is 71.4 cm³/mol. The van der Waals surface area contributed by atoms with Crippen molar-refractivity contribution in [3.63, 3.8) is 0 Å². The number of amides is 1. The third kappa shape index (κ3) is 2.85. The van der Waals surface area contributed by atoms with Gasteiger partial charge in [-0.15, -0.1) is 0 Å². The highest BCUT2D eigenvalue weighted by molar-refractivity contribution is 6.31. The minimum atomic E-state index is -1.28. The van der Waals surface area contributed by atoms with Crippen LogP contribution in [0.4, 0.5) is 0 Å². The highest BCUT2D eigenvalue weighted by Crippen LogP contribution is 2.37. The molecule has 1 unspecified atom stereocenters. The molecule has 1 fully saturated rings. The van der Waals surface area contributed by atoms with Crippen LogP contribution < -0.4 is 5.73 Å². The molecule has 1 atom stereocenters. The number of hydrogen-bond acceptors (Lipinski definition) is 2. The van der Waals surface area contributed by atoms with E-state index in [0.717, 1.165) is 18.4 Å². The summed E-state index contributed by atoms with van der Waals surface area (Å²) in [6.07, 6.45) is 4.84. The van der Waals surface area contributed by atoms with Gasteiger partial charge in [0, 0.05) is 5.02 Å². The van der Waals surface area contributed by atoms with Crippen molar-refractivity contribution in [2.75, 3.05) is 0 Å². The molecule has 0 spiro atoms. The van der Waals surface area contributed by atoms with Gasteiger partial charge in [-0.3, -0.25) is 4.79 Å². The number of halogens is 1. The third-order valence-corrected chi connectivity index (χ3v) is 3.98. The van der Waals surface area contributed by atoms with E-state index in [1.165, 1.54) is 19.3 Å². The number of aliphatic hydroxyl groups is 1. The van der Waals surface area contributed by atoms with E-state index in [1.54, 1.807) is 12.1 Å². The van der Waals surface area contributed by atoms with Crippen molar-refractivity contribution in [1.29, 1.82) is 0 Å². The van der Waals surface area contributed by atoms with Gasteiger partial charge in [-0.25, -0.2) is 0 Å². The van der Waals surface area contributed by atoms with Gasteiger partial charge in [0.1, 0.15) is 0 Å². The molecule has 98 valence electrons. The topological polar surface area (TPSA) is 63.3 Å². The molecule has 0 aromatic heterocycles. The van der Waals surface area contributed by atoms with Crippen molar-refractivity contribution >= 4 is 17.5 Å². The minimum Gasteiger partial charge on any atom is -0.378 e. The molecule has 2 rings (SSSR count). The summed E-state index contributed by atoms with van der Waals surface area (Å²) < 4.78 is 0. The standard InChI is InChI=1S/C14H18ClNO2/c15-12-8-10(13(17)14(16)18)6-7-11(12)9-4-2-1-3-5-9/h6-9,13,17H,1-5H2,(H2,16,18). The van der Waals surface area contributed by atoms with Gasteiger partial charge in [0.05, 0.1) is 0 Å². The normalized spacial score (nSPS) is 18.6. The van der Waals surface area contributed by atoms with Gasteiger partial charge in [-0.1, -0.05) is 43.0 Å². The predicted octanol–water partition coefficient (Wildman–Crippen LogP) is 2.91. The van der Waals surface area contributed by atoms with Crippen molar-refractivity contribution in [1.82, 2.24) is 0 Å². The summed E-state index contributed by atoms with van der Waals surface area (Å²) in [5.41, 5.74) is 6.65. The summed E-state index contributed by atoms with van der Waals surface area (Å²) in [5, 5.41) is 10.2. The molecule has 3 nitrogen and oxygen atoms in total. The Morgan fingerprint density at radius 1 is 1.33 bits per heavy atom. The molecule has 0 bridgehead atoms. The Kier molecular flexibility index (Phi) is 4.25. The monoisotopic (exact) mass is 267 g/mol. The molecule has 1 amide bonds. The molecule has 0 radical (unpaired) electrons. The molecule has 1 aromatic rings. The van der Waals surface area contributed by atoms with Gasteiger partial charge >= 0.3 is 0 Å². The molecule has 3 N–H and O–H groups in total. The first kappa shape index (κ1) is 13.4. The van der Waals surface area contributed by atoms with E-state index in [2.05, 4.69) is 0 Å². The van der Waals surface area contributed by atoms with E-state index in [-0.39, 0.29) is 0 Å². The second-order valence-corrected chi connectivity index (χ2v) is 5.33. The number of carbonyl (C=O) groups is 1. The third-order valence-electron chi connectivity index (χ3n) is 3.65. The lowest BCUT2D eigenvalue weighted by Gasteiger charge is -2.23. The Morgan fingerprint density at radius 3 is 2.56 bits per heavy atom. The smallest absolute Gasteiger partial charge is 0.250 e. The Hall–Kier alpha value is -1.06. The van der Waals surface area contributed by atoms with Crippen molar-refractivity contribution < 1.29 is 9.90 Å². The molecule has 0 saturated heterocycles. The second kappa shape index (κ2) is 5.72. The molecule has 1 aliphatic carbocycles. The number of aliphatic hydroxyl groups excluding tert-OH is 1. The van der Waals surface area contributed by atoms with E-state index in [4.69, 9.17) is 17.3 Å². The first-order valence-electron chi connectivity index (χ1n) is 6.36. The molecule has 0 aliphatic heterocycles. The van der Waals surface area contributed by atoms with Crippen LogP contribution in [0, 0.1) is 0 Å². The fourth-order valence-corrected chi connectivity index (χ4v) is 2.97. The van der Waals surface area contributed by atoms with Crippen LogP contribution in [-0.2, 0) is 4.79 Å². The summed E-state index contributed by atoms with van der Waals surface area (Å²) in [6.45, 7) is 0. The molecule has 4 heteroatoms. The van der Waals surface area contributed by atoms with Gasteiger partial charge in [0.2, 0.25) is 0 Å². The van der Waals surface area contributed by atoms with E-state index in [1.807, 2.05) is 6.07 Å². The number of benzene rings is 1. The van der Waals surface area contributed by atoms with Gasteiger partial charge in [0.25, 0.3) is 5.91 Å². The maximum absolute atomic E-state index is 10.9. The van der Waals surface area contributed by atoms with Gasteiger partial charge in [-0.2, -0.15) is 0 Å². The molecule has 1 aromatic carbocycles. The van der Waals surface area contributed by atoms with Gasteiger partial charge < -0.3 is 10.8 Å². The molecule has 18 heavy (non-hydrogen) atoms. The number of carbonyl (C=O) groups excluding carboxylic acids is 1. The van der Waals surface area contributed by atoms with Gasteiger partial charge in [0.15, 0.2) is 6.10 Å². The van der Waals surface area contributed by atoms with Crippen molar-refractivity contribution in [3.8, 4) is 0 Å². The Balaban J connectivity index is 2.21.